The zero-order valence-electron chi connectivity index (χ0n) is 13.9. The standard InChI is InChI=1S/C18H23N3O2.ClH/c1-13-12-23-18(20-13)15-3-2-4-16(11-15)21-17(22)6-5-14-7-9-19-10-8-14;/h2-4,11-12,14,19H,5-10H2,1H3,(H,21,22);1H. The van der Waals surface area contributed by atoms with Gasteiger partial charge in [-0.2, -0.15) is 0 Å². The number of carbonyl (C=O) groups excluding carboxylic acids is 1. The number of rotatable bonds is 5. The minimum absolute atomic E-state index is 0. The van der Waals surface area contributed by atoms with Crippen molar-refractivity contribution >= 4 is 24.0 Å². The molecule has 0 unspecified atom stereocenters. The summed E-state index contributed by atoms with van der Waals surface area (Å²) >= 11 is 0. The van der Waals surface area contributed by atoms with Gasteiger partial charge in [0.15, 0.2) is 0 Å². The molecular weight excluding hydrogens is 326 g/mol. The quantitative estimate of drug-likeness (QED) is 0.861. The van der Waals surface area contributed by atoms with Crippen LogP contribution in [0.25, 0.3) is 11.5 Å². The molecule has 0 atom stereocenters. The number of aryl methyl sites for hydroxylation is 1. The van der Waals surface area contributed by atoms with E-state index >= 15 is 0 Å². The van der Waals surface area contributed by atoms with Crippen LogP contribution >= 0.6 is 12.4 Å². The lowest BCUT2D eigenvalue weighted by atomic mass is 9.93. The molecule has 1 aliphatic heterocycles. The third-order valence-electron chi connectivity index (χ3n) is 4.25. The van der Waals surface area contributed by atoms with E-state index < -0.39 is 0 Å². The molecule has 2 N–H and O–H groups in total. The summed E-state index contributed by atoms with van der Waals surface area (Å²) in [7, 11) is 0. The molecule has 1 fully saturated rings. The van der Waals surface area contributed by atoms with E-state index in [1.54, 1.807) is 6.26 Å². The Balaban J connectivity index is 0.00000208. The number of amides is 1. The van der Waals surface area contributed by atoms with Gasteiger partial charge in [-0.05, 0) is 63.4 Å². The van der Waals surface area contributed by atoms with Crippen LogP contribution in [-0.4, -0.2) is 24.0 Å². The summed E-state index contributed by atoms with van der Waals surface area (Å²) in [6.07, 6.45) is 5.51. The maximum atomic E-state index is 12.1. The van der Waals surface area contributed by atoms with Crippen LogP contribution in [0.1, 0.15) is 31.4 Å². The van der Waals surface area contributed by atoms with Crippen LogP contribution in [0, 0.1) is 12.8 Å². The minimum atomic E-state index is 0. The van der Waals surface area contributed by atoms with Crippen LogP contribution in [0.4, 0.5) is 5.69 Å². The van der Waals surface area contributed by atoms with E-state index in [4.69, 9.17) is 4.42 Å². The van der Waals surface area contributed by atoms with Crippen molar-refractivity contribution in [2.45, 2.75) is 32.6 Å². The van der Waals surface area contributed by atoms with Crippen LogP contribution in [-0.2, 0) is 4.79 Å². The molecule has 5 nitrogen and oxygen atoms in total. The Labute approximate surface area is 148 Å². The molecular formula is C18H24ClN3O2. The topological polar surface area (TPSA) is 67.2 Å². The molecule has 2 aromatic rings. The first-order chi connectivity index (χ1) is 11.2. The van der Waals surface area contributed by atoms with Gasteiger partial charge in [-0.25, -0.2) is 4.98 Å². The van der Waals surface area contributed by atoms with Crippen molar-refractivity contribution < 1.29 is 9.21 Å². The van der Waals surface area contributed by atoms with Crippen LogP contribution < -0.4 is 10.6 Å². The van der Waals surface area contributed by atoms with Gasteiger partial charge in [-0.3, -0.25) is 4.79 Å². The van der Waals surface area contributed by atoms with Crippen molar-refractivity contribution in [1.82, 2.24) is 10.3 Å². The molecule has 1 saturated heterocycles. The first-order valence-electron chi connectivity index (χ1n) is 8.24. The average Bonchev–Trinajstić information content (AvgIpc) is 3.01. The van der Waals surface area contributed by atoms with Crippen molar-refractivity contribution in [1.29, 1.82) is 0 Å². The molecule has 0 aliphatic carbocycles. The average molecular weight is 350 g/mol. The number of hydrogen-bond donors (Lipinski definition) is 2. The number of benzene rings is 1. The van der Waals surface area contributed by atoms with E-state index in [2.05, 4.69) is 15.6 Å². The van der Waals surface area contributed by atoms with E-state index in [0.717, 1.165) is 36.5 Å². The fourth-order valence-electron chi connectivity index (χ4n) is 2.95. The normalized spacial score (nSPS) is 14.9. The third-order valence-corrected chi connectivity index (χ3v) is 4.25. The fourth-order valence-corrected chi connectivity index (χ4v) is 2.95. The Hall–Kier alpha value is -1.85. The highest BCUT2D eigenvalue weighted by Gasteiger charge is 2.14. The second kappa shape index (κ2) is 8.85. The minimum Gasteiger partial charge on any atom is -0.444 e. The first-order valence-corrected chi connectivity index (χ1v) is 8.24. The molecule has 1 aliphatic rings. The molecule has 0 bridgehead atoms. The summed E-state index contributed by atoms with van der Waals surface area (Å²) in [5, 5.41) is 6.32. The smallest absolute Gasteiger partial charge is 0.226 e. The lowest BCUT2D eigenvalue weighted by Gasteiger charge is -2.22. The Morgan fingerprint density at radius 3 is 2.88 bits per heavy atom. The molecule has 1 aromatic heterocycles. The van der Waals surface area contributed by atoms with Gasteiger partial charge in [0.1, 0.15) is 6.26 Å². The van der Waals surface area contributed by atoms with E-state index in [1.165, 1.54) is 12.8 Å². The Bertz CT molecular complexity index is 666. The number of nitrogens with one attached hydrogen (secondary N) is 2. The van der Waals surface area contributed by atoms with E-state index in [9.17, 15) is 4.79 Å². The monoisotopic (exact) mass is 349 g/mol. The molecule has 3 rings (SSSR count). The van der Waals surface area contributed by atoms with E-state index in [1.807, 2.05) is 31.2 Å². The molecule has 2 heterocycles. The summed E-state index contributed by atoms with van der Waals surface area (Å²) in [4.78, 5) is 16.5. The molecule has 0 spiro atoms. The molecule has 24 heavy (non-hydrogen) atoms. The SMILES string of the molecule is Cc1coc(-c2cccc(NC(=O)CCC3CCNCC3)c2)n1.Cl. The molecule has 1 amide bonds. The van der Waals surface area contributed by atoms with Crippen molar-refractivity contribution in [2.75, 3.05) is 18.4 Å². The number of aromatic nitrogens is 1. The number of hydrogen-bond acceptors (Lipinski definition) is 4. The highest BCUT2D eigenvalue weighted by atomic mass is 35.5. The number of anilines is 1. The zero-order chi connectivity index (χ0) is 16.1. The maximum absolute atomic E-state index is 12.1. The second-order valence-electron chi connectivity index (χ2n) is 6.16. The summed E-state index contributed by atoms with van der Waals surface area (Å²) < 4.78 is 5.41. The zero-order valence-corrected chi connectivity index (χ0v) is 14.7. The van der Waals surface area contributed by atoms with Gasteiger partial charge in [-0.15, -0.1) is 12.4 Å². The predicted molar refractivity (Wildman–Crippen MR) is 97.4 cm³/mol. The van der Waals surface area contributed by atoms with Gasteiger partial charge >= 0.3 is 0 Å². The second-order valence-corrected chi connectivity index (χ2v) is 6.16. The molecule has 130 valence electrons. The van der Waals surface area contributed by atoms with Crippen LogP contribution in [0.2, 0.25) is 0 Å². The Morgan fingerprint density at radius 1 is 1.38 bits per heavy atom. The van der Waals surface area contributed by atoms with Crippen molar-refractivity contribution in [2.24, 2.45) is 5.92 Å². The predicted octanol–water partition coefficient (Wildman–Crippen LogP) is 3.79. The highest BCUT2D eigenvalue weighted by Crippen LogP contribution is 2.23. The van der Waals surface area contributed by atoms with Crippen molar-refractivity contribution in [3.05, 3.63) is 36.2 Å². The van der Waals surface area contributed by atoms with Crippen molar-refractivity contribution in [3.8, 4) is 11.5 Å². The first kappa shape index (κ1) is 18.5. The number of oxazole rings is 1. The lowest BCUT2D eigenvalue weighted by molar-refractivity contribution is -0.116. The largest absolute Gasteiger partial charge is 0.444 e. The van der Waals surface area contributed by atoms with Crippen LogP contribution in [0.5, 0.6) is 0 Å². The number of piperidine rings is 1. The Morgan fingerprint density at radius 2 is 2.17 bits per heavy atom. The maximum Gasteiger partial charge on any atom is 0.226 e. The molecule has 0 radical (unpaired) electrons. The fraction of sp³-hybridized carbons (Fsp3) is 0.444. The summed E-state index contributed by atoms with van der Waals surface area (Å²) in [5.74, 6) is 1.32. The molecule has 1 aromatic carbocycles. The summed E-state index contributed by atoms with van der Waals surface area (Å²) in [6.45, 7) is 4.03. The molecule has 0 saturated carbocycles. The third kappa shape index (κ3) is 5.08. The van der Waals surface area contributed by atoms with Crippen molar-refractivity contribution in [3.63, 3.8) is 0 Å². The van der Waals surface area contributed by atoms with Gasteiger partial charge in [-0.1, -0.05) is 6.07 Å². The highest BCUT2D eigenvalue weighted by molar-refractivity contribution is 5.91. The lowest BCUT2D eigenvalue weighted by Crippen LogP contribution is -2.28. The van der Waals surface area contributed by atoms with Crippen LogP contribution in [0.3, 0.4) is 0 Å². The Kier molecular flexibility index (Phi) is 6.82. The van der Waals surface area contributed by atoms with Gasteiger partial charge < -0.3 is 15.1 Å². The van der Waals surface area contributed by atoms with E-state index in [-0.39, 0.29) is 18.3 Å². The van der Waals surface area contributed by atoms with Gasteiger partial charge in [0.05, 0.1) is 5.69 Å². The number of halogens is 1. The molecule has 6 heteroatoms. The summed E-state index contributed by atoms with van der Waals surface area (Å²) in [6, 6.07) is 7.61. The number of nitrogens with zero attached hydrogens (tertiary/aromatic N) is 1. The van der Waals surface area contributed by atoms with E-state index in [0.29, 0.717) is 18.2 Å². The van der Waals surface area contributed by atoms with Crippen LogP contribution in [0.15, 0.2) is 34.9 Å². The van der Waals surface area contributed by atoms with Gasteiger partial charge in [0.25, 0.3) is 0 Å². The number of carbonyl (C=O) groups is 1. The summed E-state index contributed by atoms with van der Waals surface area (Å²) in [5.41, 5.74) is 2.50. The van der Waals surface area contributed by atoms with Gasteiger partial charge in [0.2, 0.25) is 11.8 Å². The van der Waals surface area contributed by atoms with Gasteiger partial charge in [0, 0.05) is 17.7 Å².